The van der Waals surface area contributed by atoms with Crippen LogP contribution in [0.3, 0.4) is 0 Å². The number of aromatic amines is 1. The van der Waals surface area contributed by atoms with Crippen LogP contribution in [0.25, 0.3) is 0 Å². The van der Waals surface area contributed by atoms with Crippen molar-refractivity contribution >= 4 is 5.91 Å². The number of carbonyl (C=O) groups is 1. The Morgan fingerprint density at radius 2 is 2.10 bits per heavy atom. The molecule has 0 unspecified atom stereocenters. The molecule has 0 aliphatic carbocycles. The van der Waals surface area contributed by atoms with Crippen LogP contribution in [-0.2, 0) is 11.3 Å². The molecule has 2 rings (SSSR count). The highest BCUT2D eigenvalue weighted by Gasteiger charge is 2.10. The highest BCUT2D eigenvalue weighted by molar-refractivity contribution is 5.75. The Kier molecular flexibility index (Phi) is 5.37. The van der Waals surface area contributed by atoms with Crippen LogP contribution >= 0.6 is 0 Å². The van der Waals surface area contributed by atoms with Crippen LogP contribution < -0.4 is 4.74 Å². The molecule has 1 amide bonds. The number of hydrogen-bond donors (Lipinski definition) is 1. The molecule has 5 nitrogen and oxygen atoms in total. The van der Waals surface area contributed by atoms with Gasteiger partial charge >= 0.3 is 0 Å². The largest absolute Gasteiger partial charge is 0.494 e. The van der Waals surface area contributed by atoms with Crippen molar-refractivity contribution in [1.29, 1.82) is 0 Å². The molecule has 5 heteroatoms. The minimum atomic E-state index is 0.0962. The number of H-pyrrole nitrogens is 1. The normalized spacial score (nSPS) is 10.4. The second kappa shape index (κ2) is 7.47. The fourth-order valence-corrected chi connectivity index (χ4v) is 1.94. The van der Waals surface area contributed by atoms with Gasteiger partial charge in [0, 0.05) is 25.9 Å². The van der Waals surface area contributed by atoms with E-state index in [-0.39, 0.29) is 5.91 Å². The fraction of sp³-hybridized carbons (Fsp3) is 0.375. The second-order valence-electron chi connectivity index (χ2n) is 5.05. The first-order chi connectivity index (χ1) is 10.1. The number of rotatable bonds is 7. The number of ether oxygens (including phenoxy) is 1. The lowest BCUT2D eigenvalue weighted by atomic mass is 10.2. The first-order valence-electron chi connectivity index (χ1n) is 7.07. The summed E-state index contributed by atoms with van der Waals surface area (Å²) in [6.07, 6.45) is 4.62. The zero-order valence-electron chi connectivity index (χ0n) is 12.5. The van der Waals surface area contributed by atoms with E-state index in [1.807, 2.05) is 31.2 Å². The number of aryl methyl sites for hydroxylation is 1. The lowest BCUT2D eigenvalue weighted by Gasteiger charge is -2.15. The van der Waals surface area contributed by atoms with Gasteiger partial charge in [-0.2, -0.15) is 0 Å². The first-order valence-corrected chi connectivity index (χ1v) is 7.07. The average Bonchev–Trinajstić information content (AvgIpc) is 2.98. The van der Waals surface area contributed by atoms with Crippen LogP contribution in [0.1, 0.15) is 24.2 Å². The Bertz CT molecular complexity index is 549. The van der Waals surface area contributed by atoms with Crippen molar-refractivity contribution in [3.05, 3.63) is 48.0 Å². The van der Waals surface area contributed by atoms with Gasteiger partial charge in [-0.05, 0) is 25.5 Å². The standard InChI is InChI=1S/C16H21N3O2/c1-13-5-7-14(8-6-13)21-11-3-4-16(20)19(2)12-15-17-9-10-18-15/h5-10H,3-4,11-12H2,1-2H3,(H,17,18). The van der Waals surface area contributed by atoms with Gasteiger partial charge in [-0.1, -0.05) is 17.7 Å². The van der Waals surface area contributed by atoms with E-state index in [2.05, 4.69) is 9.97 Å². The summed E-state index contributed by atoms with van der Waals surface area (Å²) >= 11 is 0. The third kappa shape index (κ3) is 4.95. The quantitative estimate of drug-likeness (QED) is 0.796. The van der Waals surface area contributed by atoms with Gasteiger partial charge < -0.3 is 14.6 Å². The van der Waals surface area contributed by atoms with Gasteiger partial charge in [0.1, 0.15) is 11.6 Å². The van der Waals surface area contributed by atoms with Crippen molar-refractivity contribution in [2.24, 2.45) is 0 Å². The van der Waals surface area contributed by atoms with Crippen molar-refractivity contribution in [3.63, 3.8) is 0 Å². The molecule has 0 saturated carbocycles. The van der Waals surface area contributed by atoms with Crippen molar-refractivity contribution in [2.45, 2.75) is 26.3 Å². The summed E-state index contributed by atoms with van der Waals surface area (Å²) in [6, 6.07) is 7.91. The third-order valence-corrected chi connectivity index (χ3v) is 3.19. The first kappa shape index (κ1) is 15.1. The Labute approximate surface area is 125 Å². The summed E-state index contributed by atoms with van der Waals surface area (Å²) in [4.78, 5) is 20.7. The highest BCUT2D eigenvalue weighted by Crippen LogP contribution is 2.12. The monoisotopic (exact) mass is 287 g/mol. The number of nitrogens with zero attached hydrogens (tertiary/aromatic N) is 2. The molecular weight excluding hydrogens is 266 g/mol. The van der Waals surface area contributed by atoms with Crippen molar-refractivity contribution in [3.8, 4) is 5.75 Å². The molecule has 0 bridgehead atoms. The second-order valence-corrected chi connectivity index (χ2v) is 5.05. The average molecular weight is 287 g/mol. The molecule has 0 saturated heterocycles. The summed E-state index contributed by atoms with van der Waals surface area (Å²) in [6.45, 7) is 3.09. The maximum Gasteiger partial charge on any atom is 0.222 e. The smallest absolute Gasteiger partial charge is 0.222 e. The zero-order chi connectivity index (χ0) is 15.1. The number of hydrogen-bond acceptors (Lipinski definition) is 3. The maximum atomic E-state index is 12.0. The number of aromatic nitrogens is 2. The van der Waals surface area contributed by atoms with Crippen LogP contribution in [0.4, 0.5) is 0 Å². The predicted octanol–water partition coefficient (Wildman–Crippen LogP) is 2.54. The van der Waals surface area contributed by atoms with Crippen molar-refractivity contribution < 1.29 is 9.53 Å². The maximum absolute atomic E-state index is 12.0. The van der Waals surface area contributed by atoms with Gasteiger partial charge in [0.25, 0.3) is 0 Å². The van der Waals surface area contributed by atoms with Gasteiger partial charge in [-0.25, -0.2) is 4.98 Å². The summed E-state index contributed by atoms with van der Waals surface area (Å²) in [5.41, 5.74) is 1.21. The van der Waals surface area contributed by atoms with E-state index < -0.39 is 0 Å². The molecule has 1 aromatic carbocycles. The molecule has 1 heterocycles. The van der Waals surface area contributed by atoms with E-state index >= 15 is 0 Å². The molecule has 0 fully saturated rings. The van der Waals surface area contributed by atoms with Crippen LogP contribution in [0.2, 0.25) is 0 Å². The molecule has 0 aliphatic heterocycles. The predicted molar refractivity (Wildman–Crippen MR) is 81.0 cm³/mol. The SMILES string of the molecule is Cc1ccc(OCCCC(=O)N(C)Cc2ncc[nH]2)cc1. The van der Waals surface area contributed by atoms with E-state index in [4.69, 9.17) is 4.74 Å². The molecule has 112 valence electrons. The molecular formula is C16H21N3O2. The van der Waals surface area contributed by atoms with Gasteiger partial charge in [-0.15, -0.1) is 0 Å². The van der Waals surface area contributed by atoms with E-state index in [0.717, 1.165) is 11.6 Å². The Morgan fingerprint density at radius 3 is 2.76 bits per heavy atom. The van der Waals surface area contributed by atoms with Gasteiger partial charge in [-0.3, -0.25) is 4.79 Å². The van der Waals surface area contributed by atoms with E-state index in [1.54, 1.807) is 24.3 Å². The topological polar surface area (TPSA) is 58.2 Å². The van der Waals surface area contributed by atoms with Crippen molar-refractivity contribution in [2.75, 3.05) is 13.7 Å². The number of imidazole rings is 1. The molecule has 1 N–H and O–H groups in total. The fourth-order valence-electron chi connectivity index (χ4n) is 1.94. The number of carbonyl (C=O) groups excluding carboxylic acids is 1. The summed E-state index contributed by atoms with van der Waals surface area (Å²) in [7, 11) is 1.78. The molecule has 21 heavy (non-hydrogen) atoms. The van der Waals surface area contributed by atoms with Crippen LogP contribution in [0.15, 0.2) is 36.7 Å². The van der Waals surface area contributed by atoms with Crippen LogP contribution in [-0.4, -0.2) is 34.4 Å². The minimum Gasteiger partial charge on any atom is -0.494 e. The summed E-state index contributed by atoms with van der Waals surface area (Å²) in [5, 5.41) is 0. The number of amides is 1. The summed E-state index contributed by atoms with van der Waals surface area (Å²) < 4.78 is 5.61. The van der Waals surface area contributed by atoms with Crippen molar-refractivity contribution in [1.82, 2.24) is 14.9 Å². The van der Waals surface area contributed by atoms with E-state index in [9.17, 15) is 4.79 Å². The van der Waals surface area contributed by atoms with Crippen LogP contribution in [0.5, 0.6) is 5.75 Å². The van der Waals surface area contributed by atoms with E-state index in [0.29, 0.717) is 26.0 Å². The molecule has 0 radical (unpaired) electrons. The summed E-state index contributed by atoms with van der Waals surface area (Å²) in [5.74, 6) is 1.73. The zero-order valence-corrected chi connectivity index (χ0v) is 12.5. The molecule has 1 aromatic heterocycles. The third-order valence-electron chi connectivity index (χ3n) is 3.19. The lowest BCUT2D eigenvalue weighted by molar-refractivity contribution is -0.130. The Balaban J connectivity index is 1.65. The van der Waals surface area contributed by atoms with E-state index in [1.165, 1.54) is 5.56 Å². The minimum absolute atomic E-state index is 0.0962. The molecule has 0 aliphatic rings. The molecule has 0 atom stereocenters. The lowest BCUT2D eigenvalue weighted by Crippen LogP contribution is -2.26. The van der Waals surface area contributed by atoms with Crippen LogP contribution in [0, 0.1) is 6.92 Å². The van der Waals surface area contributed by atoms with Gasteiger partial charge in [0.05, 0.1) is 13.2 Å². The van der Waals surface area contributed by atoms with Gasteiger partial charge in [0.15, 0.2) is 0 Å². The van der Waals surface area contributed by atoms with Gasteiger partial charge in [0.2, 0.25) is 5.91 Å². The molecule has 2 aromatic rings. The number of nitrogens with one attached hydrogen (secondary N) is 1. The molecule has 0 spiro atoms. The highest BCUT2D eigenvalue weighted by atomic mass is 16.5. The Morgan fingerprint density at radius 1 is 1.33 bits per heavy atom. The number of benzene rings is 1. The Hall–Kier alpha value is -2.30.